The third-order valence-corrected chi connectivity index (χ3v) is 2.18. The number of aromatic amines is 1. The van der Waals surface area contributed by atoms with Gasteiger partial charge in [-0.2, -0.15) is 0 Å². The lowest BCUT2D eigenvalue weighted by Gasteiger charge is -2.06. The van der Waals surface area contributed by atoms with Crippen LogP contribution in [0.4, 0.5) is 17.3 Å². The average Bonchev–Trinajstić information content (AvgIpc) is 2.83. The number of H-pyrrole nitrogens is 1. The number of hydrogen-bond acceptors (Lipinski definition) is 5. The van der Waals surface area contributed by atoms with Gasteiger partial charge in [0.2, 0.25) is 0 Å². The van der Waals surface area contributed by atoms with Crippen molar-refractivity contribution in [3.63, 3.8) is 0 Å². The van der Waals surface area contributed by atoms with Crippen LogP contribution in [0.2, 0.25) is 0 Å². The zero-order valence-electron chi connectivity index (χ0n) is 9.35. The molecule has 0 bridgehead atoms. The summed E-state index contributed by atoms with van der Waals surface area (Å²) in [6.07, 6.45) is 5.88. The summed E-state index contributed by atoms with van der Waals surface area (Å²) < 4.78 is 0. The van der Waals surface area contributed by atoms with E-state index in [1.165, 1.54) is 6.33 Å². The van der Waals surface area contributed by atoms with Crippen molar-refractivity contribution in [2.45, 2.75) is 6.42 Å². The SMILES string of the molecule is OCCCNc1cc(Nc2cc[nH]c2)ncn1. The highest BCUT2D eigenvalue weighted by Gasteiger charge is 1.99. The van der Waals surface area contributed by atoms with Gasteiger partial charge in [-0.1, -0.05) is 0 Å². The molecule has 90 valence electrons. The normalized spacial score (nSPS) is 10.2. The van der Waals surface area contributed by atoms with Crippen LogP contribution >= 0.6 is 0 Å². The topological polar surface area (TPSA) is 85.9 Å². The Bertz CT molecular complexity index is 443. The molecule has 0 atom stereocenters. The van der Waals surface area contributed by atoms with E-state index < -0.39 is 0 Å². The third-order valence-electron chi connectivity index (χ3n) is 2.18. The molecular formula is C11H15N5O. The van der Waals surface area contributed by atoms with Crippen LogP contribution in [0.15, 0.2) is 30.9 Å². The number of nitrogens with one attached hydrogen (secondary N) is 3. The van der Waals surface area contributed by atoms with E-state index in [4.69, 9.17) is 5.11 Å². The number of nitrogens with zero attached hydrogens (tertiary/aromatic N) is 2. The standard InChI is InChI=1S/C11H15N5O/c17-5-1-3-13-10-6-11(15-8-14-10)16-9-2-4-12-7-9/h2,4,6-8,12,17H,1,3,5H2,(H2,13,14,15,16). The highest BCUT2D eigenvalue weighted by molar-refractivity contribution is 5.57. The van der Waals surface area contributed by atoms with Gasteiger partial charge >= 0.3 is 0 Å². The molecule has 2 heterocycles. The smallest absolute Gasteiger partial charge is 0.135 e. The summed E-state index contributed by atoms with van der Waals surface area (Å²) in [5.74, 6) is 1.47. The molecule has 0 spiro atoms. The molecule has 0 saturated carbocycles. The van der Waals surface area contributed by atoms with Crippen molar-refractivity contribution in [3.05, 3.63) is 30.9 Å². The minimum atomic E-state index is 0.173. The van der Waals surface area contributed by atoms with Crippen LogP contribution in [-0.2, 0) is 0 Å². The van der Waals surface area contributed by atoms with Gasteiger partial charge in [0, 0.05) is 31.6 Å². The van der Waals surface area contributed by atoms with Crippen molar-refractivity contribution in [3.8, 4) is 0 Å². The first-order valence-electron chi connectivity index (χ1n) is 5.45. The molecule has 2 aromatic rings. The molecule has 0 aliphatic heterocycles. The maximum Gasteiger partial charge on any atom is 0.135 e. The molecular weight excluding hydrogens is 218 g/mol. The van der Waals surface area contributed by atoms with E-state index in [9.17, 15) is 0 Å². The van der Waals surface area contributed by atoms with Gasteiger partial charge < -0.3 is 20.7 Å². The number of rotatable bonds is 6. The summed E-state index contributed by atoms with van der Waals surface area (Å²) >= 11 is 0. The van der Waals surface area contributed by atoms with E-state index >= 15 is 0 Å². The maximum atomic E-state index is 8.68. The quantitative estimate of drug-likeness (QED) is 0.566. The highest BCUT2D eigenvalue weighted by atomic mass is 16.3. The molecule has 2 rings (SSSR count). The lowest BCUT2D eigenvalue weighted by molar-refractivity contribution is 0.292. The number of aromatic nitrogens is 3. The molecule has 0 aromatic carbocycles. The summed E-state index contributed by atoms with van der Waals surface area (Å²) in [6.45, 7) is 0.865. The maximum absolute atomic E-state index is 8.68. The first kappa shape index (κ1) is 11.4. The van der Waals surface area contributed by atoms with E-state index in [-0.39, 0.29) is 6.61 Å². The first-order chi connectivity index (χ1) is 8.38. The summed E-state index contributed by atoms with van der Waals surface area (Å²) in [6, 6.07) is 3.74. The molecule has 0 radical (unpaired) electrons. The fourth-order valence-corrected chi connectivity index (χ4v) is 1.37. The fraction of sp³-hybridized carbons (Fsp3) is 0.273. The van der Waals surface area contributed by atoms with Crippen LogP contribution in [0.3, 0.4) is 0 Å². The Morgan fingerprint density at radius 3 is 2.94 bits per heavy atom. The second-order valence-corrected chi connectivity index (χ2v) is 3.52. The molecule has 0 fully saturated rings. The van der Waals surface area contributed by atoms with Crippen molar-refractivity contribution in [1.82, 2.24) is 15.0 Å². The van der Waals surface area contributed by atoms with Gasteiger partial charge in [0.25, 0.3) is 0 Å². The third kappa shape index (κ3) is 3.46. The minimum absolute atomic E-state index is 0.173. The highest BCUT2D eigenvalue weighted by Crippen LogP contribution is 2.14. The number of hydrogen-bond donors (Lipinski definition) is 4. The predicted molar refractivity (Wildman–Crippen MR) is 66.3 cm³/mol. The molecule has 6 heteroatoms. The van der Waals surface area contributed by atoms with E-state index in [0.29, 0.717) is 13.0 Å². The lowest BCUT2D eigenvalue weighted by Crippen LogP contribution is -2.05. The van der Waals surface area contributed by atoms with Crippen LogP contribution in [0.1, 0.15) is 6.42 Å². The summed E-state index contributed by atoms with van der Waals surface area (Å²) in [7, 11) is 0. The molecule has 0 saturated heterocycles. The molecule has 0 unspecified atom stereocenters. The predicted octanol–water partition coefficient (Wildman–Crippen LogP) is 1.34. The molecule has 4 N–H and O–H groups in total. The molecule has 0 aliphatic carbocycles. The van der Waals surface area contributed by atoms with E-state index in [2.05, 4.69) is 25.6 Å². The van der Waals surface area contributed by atoms with Gasteiger partial charge in [-0.15, -0.1) is 0 Å². The van der Waals surface area contributed by atoms with Crippen molar-refractivity contribution in [2.24, 2.45) is 0 Å². The van der Waals surface area contributed by atoms with Gasteiger partial charge in [-0.05, 0) is 12.5 Å². The Morgan fingerprint density at radius 2 is 2.18 bits per heavy atom. The molecule has 0 amide bonds. The molecule has 2 aromatic heterocycles. The second-order valence-electron chi connectivity index (χ2n) is 3.52. The Kier molecular flexibility index (Phi) is 3.93. The number of aliphatic hydroxyl groups is 1. The van der Waals surface area contributed by atoms with Gasteiger partial charge in [0.1, 0.15) is 18.0 Å². The average molecular weight is 233 g/mol. The van der Waals surface area contributed by atoms with Crippen LogP contribution in [0.25, 0.3) is 0 Å². The van der Waals surface area contributed by atoms with Crippen molar-refractivity contribution < 1.29 is 5.11 Å². The number of aliphatic hydroxyl groups excluding tert-OH is 1. The summed E-state index contributed by atoms with van der Waals surface area (Å²) in [5, 5.41) is 14.9. The van der Waals surface area contributed by atoms with Crippen LogP contribution in [-0.4, -0.2) is 33.2 Å². The largest absolute Gasteiger partial charge is 0.396 e. The zero-order chi connectivity index (χ0) is 11.9. The Hall–Kier alpha value is -2.08. The van der Waals surface area contributed by atoms with Crippen molar-refractivity contribution in [1.29, 1.82) is 0 Å². The Balaban J connectivity index is 1.96. The van der Waals surface area contributed by atoms with Gasteiger partial charge in [0.05, 0.1) is 5.69 Å². The Labute approximate surface area is 99.1 Å². The summed E-state index contributed by atoms with van der Waals surface area (Å²) in [4.78, 5) is 11.2. The first-order valence-corrected chi connectivity index (χ1v) is 5.45. The van der Waals surface area contributed by atoms with E-state index in [0.717, 1.165) is 17.3 Å². The zero-order valence-corrected chi connectivity index (χ0v) is 9.35. The van der Waals surface area contributed by atoms with E-state index in [1.807, 2.05) is 24.5 Å². The van der Waals surface area contributed by atoms with Gasteiger partial charge in [0.15, 0.2) is 0 Å². The fourth-order valence-electron chi connectivity index (χ4n) is 1.37. The monoisotopic (exact) mass is 233 g/mol. The molecule has 6 nitrogen and oxygen atoms in total. The van der Waals surface area contributed by atoms with Gasteiger partial charge in [-0.25, -0.2) is 9.97 Å². The van der Waals surface area contributed by atoms with Crippen LogP contribution in [0.5, 0.6) is 0 Å². The number of anilines is 3. The van der Waals surface area contributed by atoms with E-state index in [1.54, 1.807) is 0 Å². The Morgan fingerprint density at radius 1 is 1.29 bits per heavy atom. The van der Waals surface area contributed by atoms with Crippen molar-refractivity contribution >= 4 is 17.3 Å². The second kappa shape index (κ2) is 5.86. The van der Waals surface area contributed by atoms with Crippen LogP contribution in [0, 0.1) is 0 Å². The minimum Gasteiger partial charge on any atom is -0.396 e. The summed E-state index contributed by atoms with van der Waals surface area (Å²) in [5.41, 5.74) is 0.949. The van der Waals surface area contributed by atoms with Gasteiger partial charge in [-0.3, -0.25) is 0 Å². The van der Waals surface area contributed by atoms with Crippen molar-refractivity contribution in [2.75, 3.05) is 23.8 Å². The lowest BCUT2D eigenvalue weighted by atomic mass is 10.4. The molecule has 0 aliphatic rings. The van der Waals surface area contributed by atoms with Crippen LogP contribution < -0.4 is 10.6 Å². The molecule has 17 heavy (non-hydrogen) atoms.